The van der Waals surface area contributed by atoms with Crippen molar-refractivity contribution in [1.29, 1.82) is 0 Å². The molecule has 2 rings (SSSR count). The first kappa shape index (κ1) is 15.3. The second kappa shape index (κ2) is 5.05. The van der Waals surface area contributed by atoms with E-state index < -0.39 is 38.1 Å². The highest BCUT2D eigenvalue weighted by Gasteiger charge is 2.36. The molecule has 0 saturated heterocycles. The molecule has 0 aromatic heterocycles. The predicted molar refractivity (Wildman–Crippen MR) is 68.4 cm³/mol. The minimum Gasteiger partial charge on any atom is -0.506 e. The molecule has 2 N–H and O–H groups in total. The SMILES string of the molecule is O=S(=O)(O)c1ccc(C(F)(F)F)c(-c2ccccc2)c1O. The molecule has 0 spiro atoms. The average Bonchev–Trinajstić information content (AvgIpc) is 2.36. The van der Waals surface area contributed by atoms with Gasteiger partial charge in [-0.3, -0.25) is 4.55 Å². The molecule has 21 heavy (non-hydrogen) atoms. The van der Waals surface area contributed by atoms with Crippen LogP contribution in [0.1, 0.15) is 5.56 Å². The van der Waals surface area contributed by atoms with Gasteiger partial charge in [-0.25, -0.2) is 0 Å². The minimum absolute atomic E-state index is 0.0205. The van der Waals surface area contributed by atoms with E-state index >= 15 is 0 Å². The maximum atomic E-state index is 13.0. The zero-order valence-corrected chi connectivity index (χ0v) is 11.1. The first-order chi connectivity index (χ1) is 9.62. The van der Waals surface area contributed by atoms with E-state index in [4.69, 9.17) is 4.55 Å². The lowest BCUT2D eigenvalue weighted by molar-refractivity contribution is -0.137. The lowest BCUT2D eigenvalue weighted by Gasteiger charge is -2.16. The van der Waals surface area contributed by atoms with Crippen molar-refractivity contribution in [2.75, 3.05) is 0 Å². The number of hydrogen-bond acceptors (Lipinski definition) is 3. The van der Waals surface area contributed by atoms with Crippen LogP contribution >= 0.6 is 0 Å². The molecule has 0 radical (unpaired) electrons. The molecular weight excluding hydrogens is 309 g/mol. The number of aromatic hydroxyl groups is 1. The summed E-state index contributed by atoms with van der Waals surface area (Å²) in [4.78, 5) is -0.977. The van der Waals surface area contributed by atoms with Crippen molar-refractivity contribution < 1.29 is 31.2 Å². The van der Waals surface area contributed by atoms with Crippen LogP contribution in [0.3, 0.4) is 0 Å². The molecule has 0 atom stereocenters. The fourth-order valence-electron chi connectivity index (χ4n) is 1.91. The first-order valence-corrected chi connectivity index (χ1v) is 7.02. The van der Waals surface area contributed by atoms with Crippen LogP contribution in [-0.4, -0.2) is 18.1 Å². The lowest BCUT2D eigenvalue weighted by atomic mass is 9.98. The van der Waals surface area contributed by atoms with Crippen molar-refractivity contribution >= 4 is 10.1 Å². The largest absolute Gasteiger partial charge is 0.506 e. The summed E-state index contributed by atoms with van der Waals surface area (Å²) in [6.07, 6.45) is -4.79. The van der Waals surface area contributed by atoms with Gasteiger partial charge in [-0.2, -0.15) is 21.6 Å². The van der Waals surface area contributed by atoms with Gasteiger partial charge in [0.15, 0.2) is 0 Å². The Kier molecular flexibility index (Phi) is 3.68. The summed E-state index contributed by atoms with van der Waals surface area (Å²) in [6.45, 7) is 0. The van der Waals surface area contributed by atoms with Crippen LogP contribution in [0.15, 0.2) is 47.4 Å². The number of phenols is 1. The highest BCUT2D eigenvalue weighted by atomic mass is 32.2. The second-order valence-electron chi connectivity index (χ2n) is 4.17. The molecule has 8 heteroatoms. The Morgan fingerprint density at radius 1 is 0.952 bits per heavy atom. The van der Waals surface area contributed by atoms with Crippen LogP contribution in [0, 0.1) is 0 Å². The smallest absolute Gasteiger partial charge is 0.417 e. The third-order valence-corrected chi connectivity index (χ3v) is 3.67. The molecule has 0 aliphatic carbocycles. The molecular formula is C13H9F3O4S. The Bertz CT molecular complexity index is 768. The van der Waals surface area contributed by atoms with Crippen LogP contribution in [0.4, 0.5) is 13.2 Å². The van der Waals surface area contributed by atoms with E-state index in [2.05, 4.69) is 0 Å². The molecule has 0 fully saturated rings. The van der Waals surface area contributed by atoms with Crippen LogP contribution in [0.5, 0.6) is 5.75 Å². The van der Waals surface area contributed by atoms with E-state index in [0.717, 1.165) is 0 Å². The van der Waals surface area contributed by atoms with Gasteiger partial charge in [-0.05, 0) is 17.7 Å². The van der Waals surface area contributed by atoms with Crippen LogP contribution in [0.2, 0.25) is 0 Å². The predicted octanol–water partition coefficient (Wildman–Crippen LogP) is 3.32. The zero-order chi connectivity index (χ0) is 15.8. The minimum atomic E-state index is -4.84. The van der Waals surface area contributed by atoms with E-state index in [1.165, 1.54) is 24.3 Å². The first-order valence-electron chi connectivity index (χ1n) is 5.58. The maximum absolute atomic E-state index is 13.0. The second-order valence-corrected chi connectivity index (χ2v) is 5.56. The monoisotopic (exact) mass is 318 g/mol. The Balaban J connectivity index is 2.87. The summed E-state index contributed by atoms with van der Waals surface area (Å²) in [5, 5.41) is 9.88. The van der Waals surface area contributed by atoms with Crippen molar-refractivity contribution in [2.45, 2.75) is 11.1 Å². The topological polar surface area (TPSA) is 74.6 Å². The van der Waals surface area contributed by atoms with Gasteiger partial charge >= 0.3 is 6.18 Å². The fraction of sp³-hybridized carbons (Fsp3) is 0.0769. The quantitative estimate of drug-likeness (QED) is 0.833. The molecule has 0 amide bonds. The maximum Gasteiger partial charge on any atom is 0.417 e. The van der Waals surface area contributed by atoms with Gasteiger partial charge in [-0.15, -0.1) is 0 Å². The van der Waals surface area contributed by atoms with Gasteiger partial charge < -0.3 is 5.11 Å². The van der Waals surface area contributed by atoms with Crippen molar-refractivity contribution in [3.05, 3.63) is 48.0 Å². The molecule has 0 bridgehead atoms. The molecule has 0 heterocycles. The highest BCUT2D eigenvalue weighted by Crippen LogP contribution is 2.44. The van der Waals surface area contributed by atoms with Gasteiger partial charge in [0.25, 0.3) is 10.1 Å². The molecule has 0 aliphatic heterocycles. The van der Waals surface area contributed by atoms with Crippen LogP contribution in [0.25, 0.3) is 11.1 Å². The van der Waals surface area contributed by atoms with Gasteiger partial charge in [0, 0.05) is 5.56 Å². The van der Waals surface area contributed by atoms with Gasteiger partial charge in [0.05, 0.1) is 5.56 Å². The van der Waals surface area contributed by atoms with Gasteiger partial charge in [-0.1, -0.05) is 30.3 Å². The highest BCUT2D eigenvalue weighted by molar-refractivity contribution is 7.86. The summed E-state index contributed by atoms with van der Waals surface area (Å²) in [5.41, 5.74) is -1.91. The molecule has 2 aromatic rings. The molecule has 0 unspecified atom stereocenters. The van der Waals surface area contributed by atoms with Gasteiger partial charge in [0.1, 0.15) is 10.6 Å². The van der Waals surface area contributed by atoms with Crippen molar-refractivity contribution in [2.24, 2.45) is 0 Å². The average molecular weight is 318 g/mol. The van der Waals surface area contributed by atoms with E-state index in [9.17, 15) is 26.7 Å². The Labute approximate surface area is 118 Å². The summed E-state index contributed by atoms with van der Waals surface area (Å²) in [6, 6.07) is 8.03. The Morgan fingerprint density at radius 3 is 2.00 bits per heavy atom. The van der Waals surface area contributed by atoms with Crippen molar-refractivity contribution in [1.82, 2.24) is 0 Å². The summed E-state index contributed by atoms with van der Waals surface area (Å²) >= 11 is 0. The summed E-state index contributed by atoms with van der Waals surface area (Å²) in [5.74, 6) is -1.14. The van der Waals surface area contributed by atoms with Crippen LogP contribution in [-0.2, 0) is 16.3 Å². The number of benzene rings is 2. The molecule has 4 nitrogen and oxygen atoms in total. The molecule has 2 aromatic carbocycles. The third-order valence-electron chi connectivity index (χ3n) is 2.79. The van der Waals surface area contributed by atoms with E-state index in [1.807, 2.05) is 0 Å². The van der Waals surface area contributed by atoms with Crippen LogP contribution < -0.4 is 0 Å². The number of alkyl halides is 3. The van der Waals surface area contributed by atoms with E-state index in [0.29, 0.717) is 12.1 Å². The number of hydrogen-bond donors (Lipinski definition) is 2. The van der Waals surface area contributed by atoms with Gasteiger partial charge in [0.2, 0.25) is 0 Å². The number of phenolic OH excluding ortho intramolecular Hbond substituents is 1. The van der Waals surface area contributed by atoms with E-state index in [-0.39, 0.29) is 5.56 Å². The Morgan fingerprint density at radius 2 is 1.52 bits per heavy atom. The van der Waals surface area contributed by atoms with E-state index in [1.54, 1.807) is 6.07 Å². The standard InChI is InChI=1S/C13H9F3O4S/c14-13(15,16)9-6-7-10(21(18,19)20)12(17)11(9)8-4-2-1-3-5-8/h1-7,17H,(H,18,19,20). The fourth-order valence-corrected chi connectivity index (χ4v) is 2.50. The molecule has 0 aliphatic rings. The third kappa shape index (κ3) is 3.01. The molecule has 112 valence electrons. The summed E-state index contributed by atoms with van der Waals surface area (Å²) < 4.78 is 70.2. The lowest BCUT2D eigenvalue weighted by Crippen LogP contribution is -2.09. The van der Waals surface area contributed by atoms with Crippen molar-refractivity contribution in [3.8, 4) is 16.9 Å². The summed E-state index contributed by atoms with van der Waals surface area (Å²) in [7, 11) is -4.84. The Hall–Kier alpha value is -2.06. The zero-order valence-electron chi connectivity index (χ0n) is 10.3. The normalized spacial score (nSPS) is 12.4. The number of rotatable bonds is 2. The molecule has 0 saturated carbocycles. The van der Waals surface area contributed by atoms with Crippen molar-refractivity contribution in [3.63, 3.8) is 0 Å². The number of halogens is 3.